The number of benzene rings is 3. The summed E-state index contributed by atoms with van der Waals surface area (Å²) in [5, 5.41) is 3.24. The Hall–Kier alpha value is -3.57. The molecule has 0 spiro atoms. The van der Waals surface area contributed by atoms with Gasteiger partial charge in [0.15, 0.2) is 5.13 Å². The van der Waals surface area contributed by atoms with E-state index in [9.17, 15) is 9.59 Å². The third-order valence-corrected chi connectivity index (χ3v) is 5.39. The molecule has 142 valence electrons. The van der Waals surface area contributed by atoms with Gasteiger partial charge in [-0.3, -0.25) is 14.9 Å². The van der Waals surface area contributed by atoms with Crippen LogP contribution in [0.25, 0.3) is 11.3 Å². The van der Waals surface area contributed by atoms with Crippen LogP contribution in [0.3, 0.4) is 0 Å². The molecule has 1 heterocycles. The second-order valence-corrected chi connectivity index (χ2v) is 7.58. The number of aryl methyl sites for hydroxylation is 1. The van der Waals surface area contributed by atoms with E-state index in [4.69, 9.17) is 0 Å². The first-order chi connectivity index (χ1) is 14.1. The van der Waals surface area contributed by atoms with Crippen LogP contribution in [-0.4, -0.2) is 16.7 Å². The van der Waals surface area contributed by atoms with Crippen molar-refractivity contribution in [2.24, 2.45) is 0 Å². The van der Waals surface area contributed by atoms with E-state index in [0.717, 1.165) is 11.1 Å². The molecule has 0 saturated heterocycles. The average molecular weight is 398 g/mol. The third kappa shape index (κ3) is 4.15. The maximum Gasteiger partial charge on any atom is 0.257 e. The number of hydrogen-bond donors (Lipinski definition) is 1. The number of rotatable bonds is 5. The van der Waals surface area contributed by atoms with Crippen LogP contribution >= 0.6 is 11.3 Å². The van der Waals surface area contributed by atoms with Gasteiger partial charge in [-0.15, -0.1) is 0 Å². The zero-order valence-electron chi connectivity index (χ0n) is 15.8. The van der Waals surface area contributed by atoms with Crippen molar-refractivity contribution in [3.05, 3.63) is 106 Å². The highest BCUT2D eigenvalue weighted by atomic mass is 32.1. The monoisotopic (exact) mass is 398 g/mol. The van der Waals surface area contributed by atoms with Crippen LogP contribution in [0.5, 0.6) is 0 Å². The molecule has 0 aliphatic heterocycles. The van der Waals surface area contributed by atoms with Crippen molar-refractivity contribution in [2.75, 3.05) is 5.32 Å². The summed E-state index contributed by atoms with van der Waals surface area (Å²) in [7, 11) is 0. The lowest BCUT2D eigenvalue weighted by atomic mass is 10.1. The van der Waals surface area contributed by atoms with Gasteiger partial charge in [0.2, 0.25) is 5.78 Å². The number of nitrogens with zero attached hydrogens (tertiary/aromatic N) is 1. The van der Waals surface area contributed by atoms with Crippen LogP contribution in [0.2, 0.25) is 0 Å². The normalized spacial score (nSPS) is 10.5. The van der Waals surface area contributed by atoms with Crippen LogP contribution in [-0.2, 0) is 0 Å². The first-order valence-corrected chi connectivity index (χ1v) is 9.97. The number of nitrogens with one attached hydrogen (secondary N) is 1. The zero-order valence-corrected chi connectivity index (χ0v) is 16.6. The minimum absolute atomic E-state index is 0.113. The Balaban J connectivity index is 1.72. The maximum atomic E-state index is 13.1. The second-order valence-electron chi connectivity index (χ2n) is 6.58. The Morgan fingerprint density at radius 1 is 0.828 bits per heavy atom. The zero-order chi connectivity index (χ0) is 20.2. The van der Waals surface area contributed by atoms with E-state index in [1.165, 1.54) is 11.3 Å². The lowest BCUT2D eigenvalue weighted by Crippen LogP contribution is -2.11. The van der Waals surface area contributed by atoms with E-state index in [2.05, 4.69) is 10.3 Å². The van der Waals surface area contributed by atoms with Gasteiger partial charge in [0, 0.05) is 16.7 Å². The van der Waals surface area contributed by atoms with Gasteiger partial charge < -0.3 is 0 Å². The Labute approximate surface area is 172 Å². The summed E-state index contributed by atoms with van der Waals surface area (Å²) in [4.78, 5) is 30.8. The highest BCUT2D eigenvalue weighted by Crippen LogP contribution is 2.33. The van der Waals surface area contributed by atoms with Crippen molar-refractivity contribution in [2.45, 2.75) is 6.92 Å². The van der Waals surface area contributed by atoms with Crippen LogP contribution in [0.15, 0.2) is 84.9 Å². The fraction of sp³-hybridized carbons (Fsp3) is 0.0417. The fourth-order valence-corrected chi connectivity index (χ4v) is 3.94. The Kier molecular flexibility index (Phi) is 5.31. The minimum atomic E-state index is -0.249. The van der Waals surface area contributed by atoms with Crippen molar-refractivity contribution in [1.29, 1.82) is 0 Å². The van der Waals surface area contributed by atoms with E-state index >= 15 is 0 Å². The van der Waals surface area contributed by atoms with Crippen LogP contribution in [0, 0.1) is 6.92 Å². The molecule has 3 aromatic carbocycles. The van der Waals surface area contributed by atoms with E-state index in [1.54, 1.807) is 18.2 Å². The summed E-state index contributed by atoms with van der Waals surface area (Å²) in [6.45, 7) is 1.93. The summed E-state index contributed by atoms with van der Waals surface area (Å²) in [5.41, 5.74) is 3.55. The molecular formula is C24H18N2O2S. The Bertz CT molecular complexity index is 1170. The third-order valence-electron chi connectivity index (χ3n) is 4.42. The highest BCUT2D eigenvalue weighted by molar-refractivity contribution is 7.18. The molecular weight excluding hydrogens is 380 g/mol. The minimum Gasteiger partial charge on any atom is -0.298 e. The molecule has 0 fully saturated rings. The fourth-order valence-electron chi connectivity index (χ4n) is 3.00. The quantitative estimate of drug-likeness (QED) is 0.445. The molecule has 4 rings (SSSR count). The van der Waals surface area contributed by atoms with Gasteiger partial charge in [0.1, 0.15) is 4.88 Å². The van der Waals surface area contributed by atoms with E-state index < -0.39 is 0 Å². The van der Waals surface area contributed by atoms with Gasteiger partial charge in [-0.25, -0.2) is 4.98 Å². The maximum absolute atomic E-state index is 13.1. The van der Waals surface area contributed by atoms with Gasteiger partial charge in [-0.05, 0) is 19.1 Å². The smallest absolute Gasteiger partial charge is 0.257 e. The lowest BCUT2D eigenvalue weighted by Gasteiger charge is -2.02. The number of hydrogen-bond acceptors (Lipinski definition) is 4. The molecule has 1 aromatic heterocycles. The van der Waals surface area contributed by atoms with E-state index in [-0.39, 0.29) is 11.7 Å². The molecule has 5 heteroatoms. The van der Waals surface area contributed by atoms with Crippen LogP contribution < -0.4 is 5.32 Å². The van der Waals surface area contributed by atoms with Crippen molar-refractivity contribution in [3.8, 4) is 11.3 Å². The molecule has 0 unspecified atom stereocenters. The number of carbonyl (C=O) groups excluding carboxylic acids is 2. The van der Waals surface area contributed by atoms with E-state index in [1.807, 2.05) is 73.7 Å². The molecule has 4 nitrogen and oxygen atoms in total. The van der Waals surface area contributed by atoms with Gasteiger partial charge in [0.25, 0.3) is 5.91 Å². The average Bonchev–Trinajstić information content (AvgIpc) is 3.18. The topological polar surface area (TPSA) is 59.1 Å². The predicted octanol–water partition coefficient (Wildman–Crippen LogP) is 5.60. The standard InChI is InChI=1S/C24H18N2O2S/c1-16-9-8-14-19(15-16)23(28)26-24-25-20(17-10-4-2-5-11-17)22(29-24)21(27)18-12-6-3-7-13-18/h2-15H,1H3,(H,25,26,28). The molecule has 0 saturated carbocycles. The number of anilines is 1. The summed E-state index contributed by atoms with van der Waals surface area (Å²) < 4.78 is 0. The predicted molar refractivity (Wildman–Crippen MR) is 117 cm³/mol. The Morgan fingerprint density at radius 3 is 2.17 bits per heavy atom. The molecule has 1 amide bonds. The Morgan fingerprint density at radius 2 is 1.48 bits per heavy atom. The summed E-state index contributed by atoms with van der Waals surface area (Å²) in [6, 6.07) is 26.0. The molecule has 0 bridgehead atoms. The number of aromatic nitrogens is 1. The first kappa shape index (κ1) is 18.8. The molecule has 1 N–H and O–H groups in total. The first-order valence-electron chi connectivity index (χ1n) is 9.16. The molecule has 0 atom stereocenters. The van der Waals surface area contributed by atoms with E-state index in [0.29, 0.717) is 26.8 Å². The van der Waals surface area contributed by atoms with Gasteiger partial charge in [-0.2, -0.15) is 0 Å². The summed E-state index contributed by atoms with van der Waals surface area (Å²) in [6.07, 6.45) is 0. The SMILES string of the molecule is Cc1cccc(C(=O)Nc2nc(-c3ccccc3)c(C(=O)c3ccccc3)s2)c1. The van der Waals surface area contributed by atoms with Gasteiger partial charge >= 0.3 is 0 Å². The largest absolute Gasteiger partial charge is 0.298 e. The van der Waals surface area contributed by atoms with Crippen LogP contribution in [0.1, 0.15) is 31.2 Å². The molecule has 0 aliphatic carbocycles. The number of thiazole rings is 1. The second kappa shape index (κ2) is 8.20. The van der Waals surface area contributed by atoms with Gasteiger partial charge in [-0.1, -0.05) is 89.7 Å². The van der Waals surface area contributed by atoms with Crippen molar-refractivity contribution in [1.82, 2.24) is 4.98 Å². The number of amides is 1. The molecule has 0 aliphatic rings. The van der Waals surface area contributed by atoms with Crippen LogP contribution in [0.4, 0.5) is 5.13 Å². The molecule has 4 aromatic rings. The van der Waals surface area contributed by atoms with Crippen molar-refractivity contribution < 1.29 is 9.59 Å². The number of ketones is 1. The summed E-state index contributed by atoms with van der Waals surface area (Å²) in [5.74, 6) is -0.362. The van der Waals surface area contributed by atoms with Crippen molar-refractivity contribution >= 4 is 28.2 Å². The highest BCUT2D eigenvalue weighted by Gasteiger charge is 2.21. The molecule has 0 radical (unpaired) electrons. The number of carbonyl (C=O) groups is 2. The van der Waals surface area contributed by atoms with Crippen molar-refractivity contribution in [3.63, 3.8) is 0 Å². The summed E-state index contributed by atoms with van der Waals surface area (Å²) >= 11 is 1.19. The lowest BCUT2D eigenvalue weighted by molar-refractivity contribution is 0.102. The van der Waals surface area contributed by atoms with Gasteiger partial charge in [0.05, 0.1) is 5.69 Å². The molecule has 29 heavy (non-hydrogen) atoms.